The van der Waals surface area contributed by atoms with Crippen LogP contribution in [0.3, 0.4) is 0 Å². The van der Waals surface area contributed by atoms with Crippen LogP contribution in [0.4, 0.5) is 4.79 Å². The maximum Gasteiger partial charge on any atom is 0.407 e. The summed E-state index contributed by atoms with van der Waals surface area (Å²) in [4.78, 5) is 12.3. The van der Waals surface area contributed by atoms with Gasteiger partial charge in [0.1, 0.15) is 18.5 Å². The molecule has 4 rings (SSSR count). The zero-order valence-electron chi connectivity index (χ0n) is 19.0. The molecule has 0 bridgehead atoms. The summed E-state index contributed by atoms with van der Waals surface area (Å²) in [5.41, 5.74) is 5.64. The van der Waals surface area contributed by atoms with Gasteiger partial charge in [0, 0.05) is 18.0 Å². The number of aliphatic hydroxyl groups excluding tert-OH is 3. The average Bonchev–Trinajstić information content (AvgIpc) is 3.20. The first-order valence-corrected chi connectivity index (χ1v) is 11.3. The molecule has 0 spiro atoms. The van der Waals surface area contributed by atoms with Crippen molar-refractivity contribution in [3.8, 4) is 16.9 Å². The molecule has 7 nitrogen and oxygen atoms in total. The highest BCUT2D eigenvalue weighted by atomic mass is 16.5. The second-order valence-electron chi connectivity index (χ2n) is 8.28. The Morgan fingerprint density at radius 2 is 1.65 bits per heavy atom. The van der Waals surface area contributed by atoms with Gasteiger partial charge in [-0.2, -0.15) is 0 Å². The summed E-state index contributed by atoms with van der Waals surface area (Å²) in [5, 5.41) is 32.8. The third-order valence-electron chi connectivity index (χ3n) is 6.24. The van der Waals surface area contributed by atoms with E-state index in [0.717, 1.165) is 22.3 Å². The number of ether oxygens (including phenoxy) is 2. The van der Waals surface area contributed by atoms with Crippen molar-refractivity contribution >= 4 is 6.09 Å². The highest BCUT2D eigenvalue weighted by Gasteiger charge is 2.29. The molecule has 3 aromatic rings. The van der Waals surface area contributed by atoms with Crippen LogP contribution in [0.1, 0.15) is 40.7 Å². The van der Waals surface area contributed by atoms with Crippen molar-refractivity contribution in [3.63, 3.8) is 0 Å². The van der Waals surface area contributed by atoms with E-state index in [-0.39, 0.29) is 32.1 Å². The first-order valence-electron chi connectivity index (χ1n) is 11.3. The standard InChI is InChI=1S/C27H29NO6/c1-33-25-14-17(10-11-18(25)15-29)26(31)24(30)12-13-28-27(32)34-16-23-21-8-4-2-6-19(21)20-7-3-5-9-22(20)23/h2-11,14,23-24,26,29-31H,12-13,15-16H2,1H3,(H,28,32). The molecule has 1 aliphatic carbocycles. The number of alkyl carbamates (subject to hydrolysis) is 1. The summed E-state index contributed by atoms with van der Waals surface area (Å²) < 4.78 is 10.7. The molecule has 0 radical (unpaired) electrons. The number of aliphatic hydroxyl groups is 3. The molecule has 1 amide bonds. The van der Waals surface area contributed by atoms with Crippen molar-refractivity contribution in [3.05, 3.63) is 89.0 Å². The van der Waals surface area contributed by atoms with Gasteiger partial charge in [0.15, 0.2) is 0 Å². The first kappa shape index (κ1) is 23.8. The van der Waals surface area contributed by atoms with Gasteiger partial charge in [-0.15, -0.1) is 0 Å². The number of benzene rings is 3. The molecule has 0 aromatic heterocycles. The van der Waals surface area contributed by atoms with E-state index in [1.807, 2.05) is 24.3 Å². The van der Waals surface area contributed by atoms with Crippen LogP contribution in [-0.4, -0.2) is 47.8 Å². The number of carbonyl (C=O) groups is 1. The Labute approximate surface area is 198 Å². The molecule has 0 saturated heterocycles. The topological polar surface area (TPSA) is 108 Å². The monoisotopic (exact) mass is 463 g/mol. The van der Waals surface area contributed by atoms with Gasteiger partial charge in [-0.05, 0) is 40.3 Å². The Hall–Kier alpha value is -3.39. The lowest BCUT2D eigenvalue weighted by Gasteiger charge is -2.20. The zero-order valence-corrected chi connectivity index (χ0v) is 19.0. The van der Waals surface area contributed by atoms with Crippen LogP contribution in [-0.2, 0) is 11.3 Å². The zero-order chi connectivity index (χ0) is 24.1. The molecule has 2 unspecified atom stereocenters. The lowest BCUT2D eigenvalue weighted by molar-refractivity contribution is 0.0135. The third-order valence-corrected chi connectivity index (χ3v) is 6.24. The number of hydrogen-bond donors (Lipinski definition) is 4. The fourth-order valence-corrected chi connectivity index (χ4v) is 4.43. The van der Waals surface area contributed by atoms with Crippen LogP contribution in [0.2, 0.25) is 0 Å². The average molecular weight is 464 g/mol. The van der Waals surface area contributed by atoms with Crippen LogP contribution in [0.15, 0.2) is 66.7 Å². The van der Waals surface area contributed by atoms with E-state index in [1.165, 1.54) is 7.11 Å². The summed E-state index contributed by atoms with van der Waals surface area (Å²) in [6, 6.07) is 21.1. The predicted molar refractivity (Wildman–Crippen MR) is 128 cm³/mol. The van der Waals surface area contributed by atoms with Crippen molar-refractivity contribution in [2.75, 3.05) is 20.3 Å². The maximum atomic E-state index is 12.3. The molecule has 4 N–H and O–H groups in total. The molecule has 2 atom stereocenters. The second-order valence-corrected chi connectivity index (χ2v) is 8.28. The van der Waals surface area contributed by atoms with E-state index in [0.29, 0.717) is 16.9 Å². The minimum absolute atomic E-state index is 0.0255. The Morgan fingerprint density at radius 3 is 2.26 bits per heavy atom. The van der Waals surface area contributed by atoms with Crippen LogP contribution in [0.25, 0.3) is 11.1 Å². The normalized spacial score (nSPS) is 14.1. The fraction of sp³-hybridized carbons (Fsp3) is 0.296. The molecule has 0 saturated carbocycles. The van der Waals surface area contributed by atoms with E-state index in [4.69, 9.17) is 9.47 Å². The van der Waals surface area contributed by atoms with Crippen molar-refractivity contribution in [1.82, 2.24) is 5.32 Å². The summed E-state index contributed by atoms with van der Waals surface area (Å²) in [6.07, 6.45) is -2.70. The van der Waals surface area contributed by atoms with E-state index < -0.39 is 18.3 Å². The SMILES string of the molecule is COc1cc(C(O)C(O)CCNC(=O)OCC2c3ccccc3-c3ccccc32)ccc1CO. The predicted octanol–water partition coefficient (Wildman–Crippen LogP) is 3.51. The number of carbonyl (C=O) groups excluding carboxylic acids is 1. The Balaban J connectivity index is 1.28. The molecular weight excluding hydrogens is 434 g/mol. The first-order chi connectivity index (χ1) is 16.5. The number of hydrogen-bond acceptors (Lipinski definition) is 6. The van der Waals surface area contributed by atoms with E-state index in [9.17, 15) is 20.1 Å². The summed E-state index contributed by atoms with van der Waals surface area (Å²) >= 11 is 0. The molecular formula is C27H29NO6. The van der Waals surface area contributed by atoms with Crippen LogP contribution in [0.5, 0.6) is 5.75 Å². The van der Waals surface area contributed by atoms with Gasteiger partial charge in [0.25, 0.3) is 0 Å². The summed E-state index contributed by atoms with van der Waals surface area (Å²) in [6.45, 7) is 0.162. The molecule has 178 valence electrons. The number of amides is 1. The quantitative estimate of drug-likeness (QED) is 0.387. The smallest absolute Gasteiger partial charge is 0.407 e. The van der Waals surface area contributed by atoms with Gasteiger partial charge in [-0.25, -0.2) is 4.79 Å². The fourth-order valence-electron chi connectivity index (χ4n) is 4.43. The Bertz CT molecular complexity index is 1100. The lowest BCUT2D eigenvalue weighted by Crippen LogP contribution is -2.30. The summed E-state index contributed by atoms with van der Waals surface area (Å²) in [7, 11) is 1.47. The minimum atomic E-state index is -1.16. The van der Waals surface area contributed by atoms with Gasteiger partial charge in [-0.3, -0.25) is 0 Å². The molecule has 0 heterocycles. The number of rotatable bonds is 9. The van der Waals surface area contributed by atoms with Gasteiger partial charge in [0.05, 0.1) is 19.8 Å². The molecule has 3 aromatic carbocycles. The van der Waals surface area contributed by atoms with E-state index in [1.54, 1.807) is 18.2 Å². The minimum Gasteiger partial charge on any atom is -0.496 e. The van der Waals surface area contributed by atoms with Crippen molar-refractivity contribution in [2.45, 2.75) is 31.2 Å². The van der Waals surface area contributed by atoms with Crippen molar-refractivity contribution < 1.29 is 29.6 Å². The van der Waals surface area contributed by atoms with Gasteiger partial charge in [-0.1, -0.05) is 60.7 Å². The number of fused-ring (bicyclic) bond motifs is 3. The van der Waals surface area contributed by atoms with Gasteiger partial charge < -0.3 is 30.1 Å². The van der Waals surface area contributed by atoms with Crippen LogP contribution >= 0.6 is 0 Å². The van der Waals surface area contributed by atoms with E-state index >= 15 is 0 Å². The van der Waals surface area contributed by atoms with Gasteiger partial charge >= 0.3 is 6.09 Å². The Morgan fingerprint density at radius 1 is 1.00 bits per heavy atom. The van der Waals surface area contributed by atoms with Crippen LogP contribution < -0.4 is 10.1 Å². The highest BCUT2D eigenvalue weighted by molar-refractivity contribution is 5.79. The highest BCUT2D eigenvalue weighted by Crippen LogP contribution is 2.44. The number of nitrogens with one attached hydrogen (secondary N) is 1. The molecule has 7 heteroatoms. The summed E-state index contributed by atoms with van der Waals surface area (Å²) in [5.74, 6) is 0.408. The third kappa shape index (κ3) is 4.92. The van der Waals surface area contributed by atoms with E-state index in [2.05, 4.69) is 29.6 Å². The maximum absolute atomic E-state index is 12.3. The number of methoxy groups -OCH3 is 1. The molecule has 0 aliphatic heterocycles. The molecule has 1 aliphatic rings. The largest absolute Gasteiger partial charge is 0.496 e. The molecule has 0 fully saturated rings. The van der Waals surface area contributed by atoms with Crippen molar-refractivity contribution in [2.24, 2.45) is 0 Å². The lowest BCUT2D eigenvalue weighted by atomic mass is 9.98. The van der Waals surface area contributed by atoms with Gasteiger partial charge in [0.2, 0.25) is 0 Å². The Kier molecular flexibility index (Phi) is 7.47. The second kappa shape index (κ2) is 10.7. The van der Waals surface area contributed by atoms with Crippen LogP contribution in [0, 0.1) is 0 Å². The molecule has 34 heavy (non-hydrogen) atoms. The van der Waals surface area contributed by atoms with Crippen molar-refractivity contribution in [1.29, 1.82) is 0 Å².